The van der Waals surface area contributed by atoms with Crippen LogP contribution in [0.1, 0.15) is 18.1 Å². The third kappa shape index (κ3) is 4.23. The third-order valence-corrected chi connectivity index (χ3v) is 6.56. The number of anilines is 1. The molecule has 1 unspecified atom stereocenters. The number of para-hydroxylation sites is 1. The van der Waals surface area contributed by atoms with Crippen molar-refractivity contribution in [2.24, 2.45) is 0 Å². The van der Waals surface area contributed by atoms with Crippen molar-refractivity contribution in [2.75, 3.05) is 18.6 Å². The first-order chi connectivity index (χ1) is 15.4. The topological polar surface area (TPSA) is 70.7 Å². The molecule has 1 aliphatic rings. The van der Waals surface area contributed by atoms with Crippen LogP contribution in [-0.4, -0.2) is 37.6 Å². The van der Waals surface area contributed by atoms with E-state index < -0.39 is 12.1 Å². The number of carbonyl (C=O) groups excluding carboxylic acids is 2. The van der Waals surface area contributed by atoms with Crippen LogP contribution in [0.25, 0.3) is 10.8 Å². The first kappa shape index (κ1) is 22.3. The number of fused-ring (bicyclic) bond motifs is 2. The fourth-order valence-corrected chi connectivity index (χ4v) is 4.39. The Kier molecular flexibility index (Phi) is 6.48. The Morgan fingerprint density at radius 3 is 2.66 bits per heavy atom. The number of hydrogen-bond donors (Lipinski definition) is 2. The summed E-state index contributed by atoms with van der Waals surface area (Å²) in [4.78, 5) is 27.9. The standard InChI is InChI=1S/C25H26BrN3O3/c1-15-7-6-10-22-23(15)32-14-21(28-24(30)16(2)27-3)25(31)29(22)13-17-11-12-20(26)19-9-5-4-8-18(17)19/h4-12,16,21,27H,13-14H2,1-3H3,(H,28,30)/t16-,21?/m0/s1. The molecule has 0 saturated carbocycles. The minimum atomic E-state index is -0.785. The number of rotatable bonds is 5. The van der Waals surface area contributed by atoms with Gasteiger partial charge in [-0.2, -0.15) is 0 Å². The molecule has 0 fully saturated rings. The van der Waals surface area contributed by atoms with Gasteiger partial charge in [0.1, 0.15) is 18.4 Å². The maximum absolute atomic E-state index is 13.7. The van der Waals surface area contributed by atoms with Gasteiger partial charge in [0.25, 0.3) is 5.91 Å². The predicted molar refractivity (Wildman–Crippen MR) is 130 cm³/mol. The van der Waals surface area contributed by atoms with E-state index >= 15 is 0 Å². The highest BCUT2D eigenvalue weighted by Gasteiger charge is 2.34. The summed E-state index contributed by atoms with van der Waals surface area (Å²) in [6.07, 6.45) is 0. The fraction of sp³-hybridized carbons (Fsp3) is 0.280. The van der Waals surface area contributed by atoms with E-state index in [-0.39, 0.29) is 18.4 Å². The van der Waals surface area contributed by atoms with Crippen LogP contribution < -0.4 is 20.3 Å². The Bertz CT molecular complexity index is 1180. The van der Waals surface area contributed by atoms with Gasteiger partial charge >= 0.3 is 0 Å². The van der Waals surface area contributed by atoms with Gasteiger partial charge in [0.15, 0.2) is 0 Å². The summed E-state index contributed by atoms with van der Waals surface area (Å²) in [5.74, 6) is 0.227. The quantitative estimate of drug-likeness (QED) is 0.562. The SMILES string of the molecule is CN[C@@H](C)C(=O)NC1COc2c(C)cccc2N(Cc2ccc(Br)c3ccccc23)C1=O. The number of amides is 2. The van der Waals surface area contributed by atoms with Crippen molar-refractivity contribution in [1.82, 2.24) is 10.6 Å². The Balaban J connectivity index is 1.76. The average Bonchev–Trinajstić information content (AvgIpc) is 2.93. The molecule has 0 bridgehead atoms. The molecule has 1 aliphatic heterocycles. The lowest BCUT2D eigenvalue weighted by molar-refractivity contribution is -0.129. The van der Waals surface area contributed by atoms with Crippen LogP contribution in [0.2, 0.25) is 0 Å². The number of nitrogens with one attached hydrogen (secondary N) is 2. The van der Waals surface area contributed by atoms with Gasteiger partial charge in [0.05, 0.1) is 18.3 Å². The van der Waals surface area contributed by atoms with Crippen molar-refractivity contribution < 1.29 is 14.3 Å². The van der Waals surface area contributed by atoms with Gasteiger partial charge in [0.2, 0.25) is 5.91 Å². The van der Waals surface area contributed by atoms with Crippen LogP contribution in [0, 0.1) is 6.92 Å². The molecular formula is C25H26BrN3O3. The Morgan fingerprint density at radius 2 is 1.91 bits per heavy atom. The Morgan fingerprint density at radius 1 is 1.16 bits per heavy atom. The lowest BCUT2D eigenvalue weighted by Crippen LogP contribution is -2.53. The van der Waals surface area contributed by atoms with Crippen LogP contribution in [0.3, 0.4) is 0 Å². The van der Waals surface area contributed by atoms with Gasteiger partial charge in [-0.1, -0.05) is 58.4 Å². The molecular weight excluding hydrogens is 470 g/mol. The number of halogens is 1. The zero-order valence-electron chi connectivity index (χ0n) is 18.3. The number of aryl methyl sites for hydroxylation is 1. The molecule has 0 spiro atoms. The number of benzene rings is 3. The van der Waals surface area contributed by atoms with E-state index in [9.17, 15) is 9.59 Å². The molecule has 0 aromatic heterocycles. The van der Waals surface area contributed by atoms with Gasteiger partial charge in [-0.25, -0.2) is 0 Å². The highest BCUT2D eigenvalue weighted by atomic mass is 79.9. The second-order valence-electron chi connectivity index (χ2n) is 7.98. The fourth-order valence-electron chi connectivity index (χ4n) is 3.91. The maximum Gasteiger partial charge on any atom is 0.253 e. The molecule has 0 saturated heterocycles. The monoisotopic (exact) mass is 495 g/mol. The summed E-state index contributed by atoms with van der Waals surface area (Å²) in [7, 11) is 1.71. The van der Waals surface area contributed by atoms with Gasteiger partial charge in [-0.05, 0) is 54.9 Å². The van der Waals surface area contributed by atoms with Crippen LogP contribution in [-0.2, 0) is 16.1 Å². The van der Waals surface area contributed by atoms with Crippen molar-refractivity contribution in [1.29, 1.82) is 0 Å². The van der Waals surface area contributed by atoms with Crippen LogP contribution >= 0.6 is 15.9 Å². The van der Waals surface area contributed by atoms with E-state index in [1.54, 1.807) is 18.9 Å². The second kappa shape index (κ2) is 9.30. The number of nitrogens with zero attached hydrogens (tertiary/aromatic N) is 1. The first-order valence-corrected chi connectivity index (χ1v) is 11.4. The van der Waals surface area contributed by atoms with Gasteiger partial charge < -0.3 is 20.3 Å². The Labute approximate surface area is 196 Å². The molecule has 7 heteroatoms. The molecule has 3 aromatic carbocycles. The van der Waals surface area contributed by atoms with Crippen molar-refractivity contribution in [2.45, 2.75) is 32.5 Å². The summed E-state index contributed by atoms with van der Waals surface area (Å²) >= 11 is 3.62. The van der Waals surface area contributed by atoms with Crippen molar-refractivity contribution >= 4 is 44.2 Å². The summed E-state index contributed by atoms with van der Waals surface area (Å²) in [5.41, 5.74) is 2.66. The van der Waals surface area contributed by atoms with E-state index in [1.807, 2.05) is 49.4 Å². The minimum absolute atomic E-state index is 0.0798. The molecule has 0 radical (unpaired) electrons. The summed E-state index contributed by atoms with van der Waals surface area (Å²) in [6, 6.07) is 16.7. The molecule has 2 N–H and O–H groups in total. The Hall–Kier alpha value is -2.90. The normalized spacial score (nSPS) is 16.8. The largest absolute Gasteiger partial charge is 0.488 e. The van der Waals surface area contributed by atoms with Crippen molar-refractivity contribution in [3.63, 3.8) is 0 Å². The van der Waals surface area contributed by atoms with Crippen LogP contribution in [0.15, 0.2) is 59.1 Å². The van der Waals surface area contributed by atoms with Gasteiger partial charge in [0, 0.05) is 4.47 Å². The lowest BCUT2D eigenvalue weighted by Gasteiger charge is -2.26. The zero-order chi connectivity index (χ0) is 22.8. The molecule has 1 heterocycles. The molecule has 32 heavy (non-hydrogen) atoms. The molecule has 3 aromatic rings. The summed E-state index contributed by atoms with van der Waals surface area (Å²) in [6.45, 7) is 4.15. The first-order valence-electron chi connectivity index (χ1n) is 10.6. The number of hydrogen-bond acceptors (Lipinski definition) is 4. The summed E-state index contributed by atoms with van der Waals surface area (Å²) < 4.78 is 7.05. The van der Waals surface area contributed by atoms with E-state index in [1.165, 1.54) is 0 Å². The van der Waals surface area contributed by atoms with Crippen LogP contribution in [0.5, 0.6) is 5.75 Å². The average molecular weight is 496 g/mol. The molecule has 6 nitrogen and oxygen atoms in total. The van der Waals surface area contributed by atoms with Crippen LogP contribution in [0.4, 0.5) is 5.69 Å². The van der Waals surface area contributed by atoms with E-state index in [4.69, 9.17) is 4.74 Å². The second-order valence-corrected chi connectivity index (χ2v) is 8.84. The number of ether oxygens (including phenoxy) is 1. The number of carbonyl (C=O) groups is 2. The minimum Gasteiger partial charge on any atom is -0.488 e. The molecule has 0 aliphatic carbocycles. The smallest absolute Gasteiger partial charge is 0.253 e. The van der Waals surface area contributed by atoms with E-state index in [0.29, 0.717) is 18.0 Å². The van der Waals surface area contributed by atoms with E-state index in [2.05, 4.69) is 38.7 Å². The van der Waals surface area contributed by atoms with E-state index in [0.717, 1.165) is 26.4 Å². The molecule has 2 amide bonds. The molecule has 2 atom stereocenters. The zero-order valence-corrected chi connectivity index (χ0v) is 19.9. The third-order valence-electron chi connectivity index (χ3n) is 5.87. The predicted octanol–water partition coefficient (Wildman–Crippen LogP) is 3.93. The lowest BCUT2D eigenvalue weighted by atomic mass is 10.0. The maximum atomic E-state index is 13.7. The highest BCUT2D eigenvalue weighted by molar-refractivity contribution is 9.10. The van der Waals surface area contributed by atoms with Crippen molar-refractivity contribution in [3.05, 3.63) is 70.2 Å². The van der Waals surface area contributed by atoms with Crippen molar-refractivity contribution in [3.8, 4) is 5.75 Å². The van der Waals surface area contributed by atoms with Gasteiger partial charge in [-0.15, -0.1) is 0 Å². The highest BCUT2D eigenvalue weighted by Crippen LogP contribution is 2.36. The summed E-state index contributed by atoms with van der Waals surface area (Å²) in [5, 5.41) is 7.91. The number of likely N-dealkylation sites (N-methyl/N-ethyl adjacent to an activating group) is 1. The molecule has 166 valence electrons. The van der Waals surface area contributed by atoms with Gasteiger partial charge in [-0.3, -0.25) is 9.59 Å². The molecule has 4 rings (SSSR count).